The zero-order valence-electron chi connectivity index (χ0n) is 13.8. The Balaban J connectivity index is 1.97. The molecular weight excluding hydrogens is 332 g/mol. The van der Waals surface area contributed by atoms with Gasteiger partial charge in [0.25, 0.3) is 5.01 Å². The highest BCUT2D eigenvalue weighted by Gasteiger charge is 2.14. The van der Waals surface area contributed by atoms with E-state index in [0.29, 0.717) is 6.54 Å². The van der Waals surface area contributed by atoms with Crippen molar-refractivity contribution in [1.82, 2.24) is 0 Å². The highest BCUT2D eigenvalue weighted by atomic mass is 32.2. The molecule has 0 saturated heterocycles. The normalized spacial score (nSPS) is 11.0. The van der Waals surface area contributed by atoms with Gasteiger partial charge in [-0.3, -0.25) is 0 Å². The van der Waals surface area contributed by atoms with Gasteiger partial charge in [0.1, 0.15) is 11.7 Å². The van der Waals surface area contributed by atoms with Crippen LogP contribution in [0.1, 0.15) is 5.01 Å². The molecule has 120 valence electrons. The standard InChI is InChI=1S/C20H19N2S2/c1-4-14-22(17-10-6-7-11-18(17)23-3)15-13-20-21(2)16-9-5-8-12-19(16)24-20/h1,5-13,15H,14H2,2-3H3/q+1. The van der Waals surface area contributed by atoms with E-state index in [0.717, 1.165) is 5.69 Å². The van der Waals surface area contributed by atoms with Gasteiger partial charge in [-0.05, 0) is 24.5 Å². The first-order chi connectivity index (χ1) is 11.7. The maximum absolute atomic E-state index is 5.58. The number of anilines is 1. The maximum Gasteiger partial charge on any atom is 0.263 e. The second-order valence-electron chi connectivity index (χ2n) is 5.29. The van der Waals surface area contributed by atoms with Gasteiger partial charge >= 0.3 is 0 Å². The molecule has 3 rings (SSSR count). The molecule has 0 saturated carbocycles. The van der Waals surface area contributed by atoms with Crippen molar-refractivity contribution in [3.63, 3.8) is 0 Å². The van der Waals surface area contributed by atoms with Crippen LogP contribution in [-0.4, -0.2) is 12.8 Å². The van der Waals surface area contributed by atoms with E-state index in [9.17, 15) is 0 Å². The number of nitrogens with zero attached hydrogens (tertiary/aromatic N) is 2. The van der Waals surface area contributed by atoms with Gasteiger partial charge in [-0.1, -0.05) is 41.5 Å². The summed E-state index contributed by atoms with van der Waals surface area (Å²) in [6, 6.07) is 16.8. The lowest BCUT2D eigenvalue weighted by Gasteiger charge is -2.20. The monoisotopic (exact) mass is 351 g/mol. The Morgan fingerprint density at radius 3 is 2.71 bits per heavy atom. The van der Waals surface area contributed by atoms with Crippen molar-refractivity contribution in [2.75, 3.05) is 17.7 Å². The number of hydrogen-bond acceptors (Lipinski definition) is 3. The minimum absolute atomic E-state index is 0.544. The fraction of sp³-hybridized carbons (Fsp3) is 0.150. The number of rotatable bonds is 5. The molecule has 0 bridgehead atoms. The fourth-order valence-corrected chi connectivity index (χ4v) is 4.26. The molecule has 24 heavy (non-hydrogen) atoms. The zero-order chi connectivity index (χ0) is 16.9. The van der Waals surface area contributed by atoms with Crippen LogP contribution >= 0.6 is 23.1 Å². The van der Waals surface area contributed by atoms with Gasteiger partial charge < -0.3 is 4.90 Å². The van der Waals surface area contributed by atoms with Gasteiger partial charge in [0.15, 0.2) is 0 Å². The molecule has 0 unspecified atom stereocenters. The van der Waals surface area contributed by atoms with Crippen molar-refractivity contribution < 1.29 is 4.57 Å². The first kappa shape index (κ1) is 16.6. The molecule has 0 atom stereocenters. The second-order valence-corrected chi connectivity index (χ2v) is 7.20. The quantitative estimate of drug-likeness (QED) is 0.378. The van der Waals surface area contributed by atoms with Crippen molar-refractivity contribution >= 4 is 45.1 Å². The molecule has 2 nitrogen and oxygen atoms in total. The van der Waals surface area contributed by atoms with Crippen LogP contribution in [0.4, 0.5) is 5.69 Å². The molecule has 0 amide bonds. The Morgan fingerprint density at radius 2 is 1.96 bits per heavy atom. The number of aromatic nitrogens is 1. The molecule has 2 aromatic carbocycles. The van der Waals surface area contributed by atoms with E-state index in [4.69, 9.17) is 6.42 Å². The Kier molecular flexibility index (Phi) is 5.24. The van der Waals surface area contributed by atoms with Crippen molar-refractivity contribution in [2.45, 2.75) is 4.90 Å². The first-order valence-corrected chi connectivity index (χ1v) is 9.67. The SMILES string of the molecule is C#CCN(C=Cc1sc2ccccc2[n+]1C)c1ccccc1SC. The Labute approximate surface area is 151 Å². The van der Waals surface area contributed by atoms with Gasteiger partial charge in [-0.25, -0.2) is 0 Å². The van der Waals surface area contributed by atoms with Gasteiger partial charge in [-0.15, -0.1) is 18.2 Å². The molecule has 0 aliphatic heterocycles. The van der Waals surface area contributed by atoms with Gasteiger partial charge in [-0.2, -0.15) is 4.57 Å². The number of hydrogen-bond donors (Lipinski definition) is 0. The van der Waals surface area contributed by atoms with E-state index in [1.54, 1.807) is 23.1 Å². The highest BCUT2D eigenvalue weighted by molar-refractivity contribution is 7.98. The molecule has 3 aromatic rings. The van der Waals surface area contributed by atoms with E-state index in [1.807, 2.05) is 6.07 Å². The lowest BCUT2D eigenvalue weighted by atomic mass is 10.3. The molecular formula is C20H19N2S2+. The third-order valence-electron chi connectivity index (χ3n) is 3.83. The van der Waals surface area contributed by atoms with Crippen molar-refractivity contribution in [3.8, 4) is 12.3 Å². The molecule has 0 aliphatic rings. The largest absolute Gasteiger partial charge is 0.335 e. The number of fused-ring (bicyclic) bond motifs is 1. The number of para-hydroxylation sites is 2. The summed E-state index contributed by atoms with van der Waals surface area (Å²) in [4.78, 5) is 3.34. The van der Waals surface area contributed by atoms with E-state index < -0.39 is 0 Å². The highest BCUT2D eigenvalue weighted by Crippen LogP contribution is 2.29. The summed E-state index contributed by atoms with van der Waals surface area (Å²) in [5, 5.41) is 1.19. The van der Waals surface area contributed by atoms with Crippen LogP contribution < -0.4 is 9.47 Å². The Morgan fingerprint density at radius 1 is 1.21 bits per heavy atom. The minimum Gasteiger partial charge on any atom is -0.335 e. The van der Waals surface area contributed by atoms with Gasteiger partial charge in [0.2, 0.25) is 5.52 Å². The first-order valence-electron chi connectivity index (χ1n) is 7.63. The summed E-state index contributed by atoms with van der Waals surface area (Å²) in [5.74, 6) is 2.76. The number of aryl methyl sites for hydroxylation is 1. The van der Waals surface area contributed by atoms with E-state index in [2.05, 4.69) is 83.4 Å². The summed E-state index contributed by atoms with van der Waals surface area (Å²) >= 11 is 3.51. The van der Waals surface area contributed by atoms with Gasteiger partial charge in [0.05, 0.1) is 12.2 Å². The van der Waals surface area contributed by atoms with Crippen LogP contribution in [0.15, 0.2) is 59.6 Å². The van der Waals surface area contributed by atoms with Gasteiger partial charge in [0, 0.05) is 23.2 Å². The zero-order valence-corrected chi connectivity index (χ0v) is 15.4. The predicted molar refractivity (Wildman–Crippen MR) is 106 cm³/mol. The summed E-state index contributed by atoms with van der Waals surface area (Å²) in [6.45, 7) is 0.544. The third kappa shape index (κ3) is 3.33. The second kappa shape index (κ2) is 7.57. The van der Waals surface area contributed by atoms with Crippen molar-refractivity contribution in [3.05, 3.63) is 59.7 Å². The van der Waals surface area contributed by atoms with Crippen LogP contribution in [0, 0.1) is 12.3 Å². The fourth-order valence-electron chi connectivity index (χ4n) is 2.60. The summed E-state index contributed by atoms with van der Waals surface area (Å²) in [6.07, 6.45) is 11.9. The number of thiazole rings is 1. The molecule has 0 fully saturated rings. The van der Waals surface area contributed by atoms with Crippen molar-refractivity contribution in [1.29, 1.82) is 0 Å². The summed E-state index contributed by atoms with van der Waals surface area (Å²) < 4.78 is 3.50. The van der Waals surface area contributed by atoms with Crippen molar-refractivity contribution in [2.24, 2.45) is 7.05 Å². The molecule has 0 spiro atoms. The van der Waals surface area contributed by atoms with Crippen LogP contribution in [0.25, 0.3) is 16.3 Å². The Hall–Kier alpha value is -2.22. The maximum atomic E-state index is 5.58. The molecule has 0 N–H and O–H groups in total. The predicted octanol–water partition coefficient (Wildman–Crippen LogP) is 4.56. The van der Waals surface area contributed by atoms with E-state index in [1.165, 1.54) is 20.1 Å². The topological polar surface area (TPSA) is 7.12 Å². The van der Waals surface area contributed by atoms with Crippen LogP contribution in [0.2, 0.25) is 0 Å². The summed E-state index contributed by atoms with van der Waals surface area (Å²) in [7, 11) is 2.10. The van der Waals surface area contributed by atoms with Crippen LogP contribution in [-0.2, 0) is 7.05 Å². The third-order valence-corrected chi connectivity index (χ3v) is 5.79. The van der Waals surface area contributed by atoms with E-state index >= 15 is 0 Å². The average Bonchev–Trinajstić information content (AvgIpc) is 2.95. The number of terminal acetylenes is 1. The van der Waals surface area contributed by atoms with Crippen LogP contribution in [0.5, 0.6) is 0 Å². The van der Waals surface area contributed by atoms with E-state index in [-0.39, 0.29) is 0 Å². The summed E-state index contributed by atoms with van der Waals surface area (Å²) in [5.41, 5.74) is 2.39. The lowest BCUT2D eigenvalue weighted by molar-refractivity contribution is -0.642. The minimum atomic E-state index is 0.544. The molecule has 1 aromatic heterocycles. The average molecular weight is 352 g/mol. The number of benzene rings is 2. The number of thioether (sulfide) groups is 1. The molecule has 0 radical (unpaired) electrons. The lowest BCUT2D eigenvalue weighted by Crippen LogP contribution is -2.29. The molecule has 4 heteroatoms. The van der Waals surface area contributed by atoms with Crippen LogP contribution in [0.3, 0.4) is 0 Å². The molecule has 0 aliphatic carbocycles. The molecule has 1 heterocycles. The smallest absolute Gasteiger partial charge is 0.263 e. The Bertz CT molecular complexity index is 919.